The maximum absolute atomic E-state index is 13.7. The number of piperidine rings is 1. The van der Waals surface area contributed by atoms with Crippen molar-refractivity contribution in [1.29, 1.82) is 0 Å². The molecular formula is C26H33N5O6. The molecule has 5 amide bonds. The lowest BCUT2D eigenvalue weighted by atomic mass is 9.95. The molecule has 0 aromatic heterocycles. The predicted octanol–water partition coefficient (Wildman–Crippen LogP) is -0.836. The number of fused-ring (bicyclic) bond motifs is 2. The molecule has 11 nitrogen and oxygen atoms in total. The SMILES string of the molecule is CC(=O)N1CCC(C(=O)N[C@H]2C[C@@H]3C(=O)N[C@H]4CCN(C(=O)[C@@H](O)c5ccccc5)[C@@H]4C(=O)N3C2)CC1. The molecule has 4 aliphatic rings. The molecule has 4 heterocycles. The van der Waals surface area contributed by atoms with Crippen LogP contribution >= 0.6 is 0 Å². The molecule has 0 bridgehead atoms. The van der Waals surface area contributed by atoms with Crippen LogP contribution in [0.25, 0.3) is 0 Å². The van der Waals surface area contributed by atoms with Crippen LogP contribution in [0, 0.1) is 5.92 Å². The van der Waals surface area contributed by atoms with E-state index in [2.05, 4.69) is 10.6 Å². The fraction of sp³-hybridized carbons (Fsp3) is 0.577. The molecular weight excluding hydrogens is 478 g/mol. The number of aliphatic hydroxyl groups excluding tert-OH is 1. The first-order valence-electron chi connectivity index (χ1n) is 12.9. The normalized spacial score (nSPS) is 28.8. The number of likely N-dealkylation sites (tertiary alicyclic amines) is 2. The molecule has 0 radical (unpaired) electrons. The molecule has 5 atom stereocenters. The van der Waals surface area contributed by atoms with E-state index in [1.54, 1.807) is 35.2 Å². The van der Waals surface area contributed by atoms with Crippen molar-refractivity contribution in [1.82, 2.24) is 25.3 Å². The van der Waals surface area contributed by atoms with Crippen LogP contribution in [0.3, 0.4) is 0 Å². The third-order valence-corrected chi connectivity index (χ3v) is 8.16. The molecule has 4 aliphatic heterocycles. The highest BCUT2D eigenvalue weighted by Gasteiger charge is 2.53. The summed E-state index contributed by atoms with van der Waals surface area (Å²) in [5.74, 6) is -1.54. The van der Waals surface area contributed by atoms with E-state index < -0.39 is 30.1 Å². The van der Waals surface area contributed by atoms with Gasteiger partial charge in [-0.05, 0) is 31.2 Å². The first-order chi connectivity index (χ1) is 17.7. The number of carbonyl (C=O) groups excluding carboxylic acids is 5. The second-order valence-electron chi connectivity index (χ2n) is 10.4. The van der Waals surface area contributed by atoms with Gasteiger partial charge >= 0.3 is 0 Å². The minimum absolute atomic E-state index is 0.00106. The van der Waals surface area contributed by atoms with Crippen molar-refractivity contribution in [3.05, 3.63) is 35.9 Å². The number of rotatable bonds is 4. The zero-order valence-corrected chi connectivity index (χ0v) is 20.8. The smallest absolute Gasteiger partial charge is 0.256 e. The predicted molar refractivity (Wildman–Crippen MR) is 130 cm³/mol. The summed E-state index contributed by atoms with van der Waals surface area (Å²) >= 11 is 0. The number of nitrogens with one attached hydrogen (secondary N) is 2. The van der Waals surface area contributed by atoms with Gasteiger partial charge in [-0.25, -0.2) is 0 Å². The Balaban J connectivity index is 1.25. The zero-order chi connectivity index (χ0) is 26.3. The molecule has 1 aromatic rings. The van der Waals surface area contributed by atoms with Gasteiger partial charge in [-0.1, -0.05) is 30.3 Å². The highest BCUT2D eigenvalue weighted by atomic mass is 16.3. The Labute approximate surface area is 215 Å². The molecule has 0 aliphatic carbocycles. The van der Waals surface area contributed by atoms with Gasteiger partial charge in [-0.3, -0.25) is 24.0 Å². The summed E-state index contributed by atoms with van der Waals surface area (Å²) in [6, 6.07) is 6.03. The largest absolute Gasteiger partial charge is 0.378 e. The van der Waals surface area contributed by atoms with Gasteiger partial charge in [0, 0.05) is 45.1 Å². The van der Waals surface area contributed by atoms with Crippen LogP contribution in [0.4, 0.5) is 0 Å². The maximum Gasteiger partial charge on any atom is 0.256 e. The van der Waals surface area contributed by atoms with Crippen molar-refractivity contribution in [3.8, 4) is 0 Å². The summed E-state index contributed by atoms with van der Waals surface area (Å²) in [6.07, 6.45) is 0.484. The molecule has 4 saturated heterocycles. The summed E-state index contributed by atoms with van der Waals surface area (Å²) in [4.78, 5) is 68.9. The summed E-state index contributed by atoms with van der Waals surface area (Å²) in [6.45, 7) is 3.03. The van der Waals surface area contributed by atoms with Crippen LogP contribution in [0.5, 0.6) is 0 Å². The third-order valence-electron chi connectivity index (χ3n) is 8.16. The van der Waals surface area contributed by atoms with Gasteiger partial charge in [0.2, 0.25) is 23.6 Å². The number of hydrogen-bond acceptors (Lipinski definition) is 6. The lowest BCUT2D eigenvalue weighted by Gasteiger charge is -2.31. The minimum Gasteiger partial charge on any atom is -0.378 e. The number of benzene rings is 1. The van der Waals surface area contributed by atoms with Crippen LogP contribution in [0.2, 0.25) is 0 Å². The van der Waals surface area contributed by atoms with Gasteiger partial charge in [0.15, 0.2) is 6.10 Å². The standard InChI is InChI=1S/C26H33N5O6/c1-15(32)29-10-7-17(8-11-29)23(34)27-18-13-20-24(35)28-19-9-12-30(21(19)25(36)31(20)14-18)26(37)22(33)16-5-3-2-4-6-16/h2-6,17-22,33H,7-14H2,1H3,(H,27,34)(H,28,35)/t18-,19-,20+,21-,22-/m0/s1. The average molecular weight is 512 g/mol. The number of carbonyl (C=O) groups is 5. The van der Waals surface area contributed by atoms with Crippen LogP contribution < -0.4 is 10.6 Å². The van der Waals surface area contributed by atoms with Crippen molar-refractivity contribution < 1.29 is 29.1 Å². The summed E-state index contributed by atoms with van der Waals surface area (Å²) in [7, 11) is 0. The molecule has 11 heteroatoms. The second kappa shape index (κ2) is 10.1. The fourth-order valence-corrected chi connectivity index (χ4v) is 6.09. The monoisotopic (exact) mass is 511 g/mol. The Hall–Kier alpha value is -3.47. The van der Waals surface area contributed by atoms with Crippen molar-refractivity contribution in [2.24, 2.45) is 5.92 Å². The number of amides is 5. The van der Waals surface area contributed by atoms with Crippen LogP contribution in [0.1, 0.15) is 44.3 Å². The van der Waals surface area contributed by atoms with E-state index in [0.717, 1.165) is 0 Å². The Bertz CT molecular complexity index is 1090. The number of aliphatic hydroxyl groups is 1. The molecule has 3 N–H and O–H groups in total. The Morgan fingerprint density at radius 2 is 1.76 bits per heavy atom. The summed E-state index contributed by atoms with van der Waals surface area (Å²) < 4.78 is 0. The maximum atomic E-state index is 13.7. The average Bonchev–Trinajstić information content (AvgIpc) is 3.50. The van der Waals surface area contributed by atoms with Gasteiger partial charge in [0.05, 0.1) is 6.04 Å². The fourth-order valence-electron chi connectivity index (χ4n) is 6.09. The lowest BCUT2D eigenvalue weighted by Crippen LogP contribution is -2.53. The Morgan fingerprint density at radius 3 is 2.43 bits per heavy atom. The summed E-state index contributed by atoms with van der Waals surface area (Å²) in [5.41, 5.74) is 0.442. The highest BCUT2D eigenvalue weighted by molar-refractivity contribution is 5.97. The Kier molecular flexibility index (Phi) is 6.89. The van der Waals surface area contributed by atoms with Gasteiger partial charge in [-0.15, -0.1) is 0 Å². The molecule has 37 heavy (non-hydrogen) atoms. The van der Waals surface area contributed by atoms with E-state index in [1.165, 1.54) is 16.7 Å². The van der Waals surface area contributed by atoms with Gasteiger partial charge in [0.25, 0.3) is 5.91 Å². The van der Waals surface area contributed by atoms with Crippen LogP contribution in [0.15, 0.2) is 30.3 Å². The molecule has 0 saturated carbocycles. The number of hydrogen-bond donors (Lipinski definition) is 3. The highest BCUT2D eigenvalue weighted by Crippen LogP contribution is 2.31. The lowest BCUT2D eigenvalue weighted by molar-refractivity contribution is -0.149. The van der Waals surface area contributed by atoms with Crippen molar-refractivity contribution >= 4 is 29.5 Å². The molecule has 5 rings (SSSR count). The second-order valence-corrected chi connectivity index (χ2v) is 10.4. The number of nitrogens with zero attached hydrogens (tertiary/aromatic N) is 3. The van der Waals surface area contributed by atoms with E-state index in [-0.39, 0.29) is 48.7 Å². The van der Waals surface area contributed by atoms with Crippen molar-refractivity contribution in [3.63, 3.8) is 0 Å². The third kappa shape index (κ3) is 4.79. The van der Waals surface area contributed by atoms with Crippen LogP contribution in [-0.4, -0.2) is 99.7 Å². The van der Waals surface area contributed by atoms with Gasteiger partial charge in [-0.2, -0.15) is 0 Å². The van der Waals surface area contributed by atoms with Crippen molar-refractivity contribution in [2.45, 2.75) is 62.9 Å². The van der Waals surface area contributed by atoms with Gasteiger partial charge < -0.3 is 30.4 Å². The molecule has 0 unspecified atom stereocenters. The Morgan fingerprint density at radius 1 is 1.05 bits per heavy atom. The first-order valence-corrected chi connectivity index (χ1v) is 12.9. The van der Waals surface area contributed by atoms with Gasteiger partial charge in [0.1, 0.15) is 12.1 Å². The van der Waals surface area contributed by atoms with E-state index in [0.29, 0.717) is 44.3 Å². The molecule has 4 fully saturated rings. The quantitative estimate of drug-likeness (QED) is 0.482. The topological polar surface area (TPSA) is 139 Å². The van der Waals surface area contributed by atoms with E-state index in [1.807, 2.05) is 0 Å². The summed E-state index contributed by atoms with van der Waals surface area (Å²) in [5, 5.41) is 16.6. The molecule has 1 aromatic carbocycles. The van der Waals surface area contributed by atoms with Crippen LogP contribution in [-0.2, 0) is 24.0 Å². The molecule has 198 valence electrons. The van der Waals surface area contributed by atoms with E-state index in [9.17, 15) is 29.1 Å². The first kappa shape index (κ1) is 25.2. The molecule has 0 spiro atoms. The minimum atomic E-state index is -1.40. The zero-order valence-electron chi connectivity index (χ0n) is 20.8. The van der Waals surface area contributed by atoms with E-state index >= 15 is 0 Å². The van der Waals surface area contributed by atoms with E-state index in [4.69, 9.17) is 0 Å². The van der Waals surface area contributed by atoms with Crippen molar-refractivity contribution in [2.75, 3.05) is 26.2 Å².